The van der Waals surface area contributed by atoms with E-state index < -0.39 is 5.91 Å². The molecular weight excluding hydrogens is 226 g/mol. The SMILES string of the molecule is CCc1sc(C(=O)OCCC(N)=O)cc1C. The molecule has 0 unspecified atom stereocenters. The third-order valence-electron chi connectivity index (χ3n) is 2.12. The number of nitrogens with two attached hydrogens (primary N) is 1. The van der Waals surface area contributed by atoms with Crippen LogP contribution in [0.3, 0.4) is 0 Å². The Balaban J connectivity index is 2.56. The van der Waals surface area contributed by atoms with E-state index in [9.17, 15) is 9.59 Å². The van der Waals surface area contributed by atoms with Crippen LogP contribution in [-0.2, 0) is 16.0 Å². The van der Waals surface area contributed by atoms with Crippen LogP contribution in [0, 0.1) is 6.92 Å². The second-order valence-electron chi connectivity index (χ2n) is 3.42. The van der Waals surface area contributed by atoms with Crippen molar-refractivity contribution in [3.8, 4) is 0 Å². The van der Waals surface area contributed by atoms with E-state index in [4.69, 9.17) is 10.5 Å². The maximum atomic E-state index is 11.5. The number of thiophene rings is 1. The Morgan fingerprint density at radius 3 is 2.69 bits per heavy atom. The number of esters is 1. The van der Waals surface area contributed by atoms with Gasteiger partial charge in [-0.05, 0) is 25.0 Å². The molecule has 0 atom stereocenters. The van der Waals surface area contributed by atoms with Gasteiger partial charge in [0.25, 0.3) is 0 Å². The zero-order valence-corrected chi connectivity index (χ0v) is 10.2. The van der Waals surface area contributed by atoms with E-state index in [1.807, 2.05) is 19.9 Å². The summed E-state index contributed by atoms with van der Waals surface area (Å²) in [6.45, 7) is 4.06. The molecule has 16 heavy (non-hydrogen) atoms. The minimum Gasteiger partial charge on any atom is -0.461 e. The number of carbonyl (C=O) groups is 2. The Kier molecular flexibility index (Phi) is 4.49. The fourth-order valence-electron chi connectivity index (χ4n) is 1.29. The van der Waals surface area contributed by atoms with Crippen molar-refractivity contribution < 1.29 is 14.3 Å². The largest absolute Gasteiger partial charge is 0.461 e. The van der Waals surface area contributed by atoms with Crippen LogP contribution in [0.5, 0.6) is 0 Å². The molecule has 0 aliphatic rings. The Bertz CT molecular complexity index is 398. The highest BCUT2D eigenvalue weighted by molar-refractivity contribution is 7.14. The lowest BCUT2D eigenvalue weighted by Crippen LogP contribution is -2.15. The van der Waals surface area contributed by atoms with E-state index in [0.29, 0.717) is 4.88 Å². The molecule has 0 radical (unpaired) electrons. The van der Waals surface area contributed by atoms with Crippen molar-refractivity contribution in [2.24, 2.45) is 5.73 Å². The maximum Gasteiger partial charge on any atom is 0.348 e. The smallest absolute Gasteiger partial charge is 0.348 e. The number of primary amides is 1. The third kappa shape index (κ3) is 3.34. The summed E-state index contributed by atoms with van der Waals surface area (Å²) in [7, 11) is 0. The van der Waals surface area contributed by atoms with Crippen LogP contribution >= 0.6 is 11.3 Å². The van der Waals surface area contributed by atoms with Gasteiger partial charge in [0.1, 0.15) is 11.5 Å². The second-order valence-corrected chi connectivity index (χ2v) is 4.56. The van der Waals surface area contributed by atoms with E-state index in [1.54, 1.807) is 0 Å². The lowest BCUT2D eigenvalue weighted by molar-refractivity contribution is -0.118. The van der Waals surface area contributed by atoms with Gasteiger partial charge >= 0.3 is 5.97 Å². The van der Waals surface area contributed by atoms with Gasteiger partial charge in [-0.25, -0.2) is 4.79 Å². The lowest BCUT2D eigenvalue weighted by atomic mass is 10.2. The highest BCUT2D eigenvalue weighted by Crippen LogP contribution is 2.22. The van der Waals surface area contributed by atoms with E-state index in [1.165, 1.54) is 16.2 Å². The Morgan fingerprint density at radius 2 is 2.19 bits per heavy atom. The van der Waals surface area contributed by atoms with Crippen molar-refractivity contribution in [2.45, 2.75) is 26.7 Å². The Hall–Kier alpha value is -1.36. The summed E-state index contributed by atoms with van der Waals surface area (Å²) in [6, 6.07) is 1.82. The van der Waals surface area contributed by atoms with Crippen LogP contribution in [0.1, 0.15) is 33.5 Å². The molecule has 4 nitrogen and oxygen atoms in total. The maximum absolute atomic E-state index is 11.5. The van der Waals surface area contributed by atoms with Crippen LogP contribution in [0.15, 0.2) is 6.07 Å². The van der Waals surface area contributed by atoms with E-state index in [-0.39, 0.29) is 19.0 Å². The summed E-state index contributed by atoms with van der Waals surface area (Å²) in [5.74, 6) is -0.849. The highest BCUT2D eigenvalue weighted by atomic mass is 32.1. The third-order valence-corrected chi connectivity index (χ3v) is 3.49. The fourth-order valence-corrected chi connectivity index (χ4v) is 2.29. The zero-order chi connectivity index (χ0) is 12.1. The lowest BCUT2D eigenvalue weighted by Gasteiger charge is -2.00. The highest BCUT2D eigenvalue weighted by Gasteiger charge is 2.12. The molecule has 1 heterocycles. The van der Waals surface area contributed by atoms with Gasteiger partial charge < -0.3 is 10.5 Å². The average molecular weight is 241 g/mol. The first-order valence-corrected chi connectivity index (χ1v) is 5.91. The molecule has 0 fully saturated rings. The molecule has 2 N–H and O–H groups in total. The summed E-state index contributed by atoms with van der Waals surface area (Å²) in [4.78, 5) is 23.8. The predicted octanol–water partition coefficient (Wildman–Crippen LogP) is 1.65. The minimum atomic E-state index is -0.468. The number of rotatable bonds is 5. The molecule has 0 saturated carbocycles. The van der Waals surface area contributed by atoms with Crippen molar-refractivity contribution in [2.75, 3.05) is 6.61 Å². The summed E-state index contributed by atoms with van der Waals surface area (Å²) >= 11 is 1.44. The van der Waals surface area contributed by atoms with Gasteiger partial charge in [-0.3, -0.25) is 4.79 Å². The normalized spacial score (nSPS) is 10.1. The zero-order valence-electron chi connectivity index (χ0n) is 9.41. The average Bonchev–Trinajstić information content (AvgIpc) is 2.59. The molecule has 0 saturated heterocycles. The quantitative estimate of drug-likeness (QED) is 0.797. The van der Waals surface area contributed by atoms with Crippen molar-refractivity contribution in [3.05, 3.63) is 21.4 Å². The van der Waals surface area contributed by atoms with E-state index in [0.717, 1.165) is 12.0 Å². The first-order chi connectivity index (χ1) is 7.54. The molecule has 1 rings (SSSR count). The number of amides is 1. The molecule has 0 aliphatic carbocycles. The second kappa shape index (κ2) is 5.65. The Labute approximate surface area is 98.4 Å². The van der Waals surface area contributed by atoms with Crippen LogP contribution in [0.25, 0.3) is 0 Å². The van der Waals surface area contributed by atoms with Gasteiger partial charge in [0.2, 0.25) is 5.91 Å². The molecular formula is C11H15NO3S. The standard InChI is InChI=1S/C11H15NO3S/c1-3-8-7(2)6-9(16-8)11(14)15-5-4-10(12)13/h6H,3-5H2,1-2H3,(H2,12,13). The van der Waals surface area contributed by atoms with Crippen LogP contribution in [0.4, 0.5) is 0 Å². The summed E-state index contributed by atoms with van der Waals surface area (Å²) < 4.78 is 4.92. The van der Waals surface area contributed by atoms with Crippen LogP contribution in [-0.4, -0.2) is 18.5 Å². The number of hydrogen-bond acceptors (Lipinski definition) is 4. The van der Waals surface area contributed by atoms with Gasteiger partial charge in [-0.2, -0.15) is 0 Å². The van der Waals surface area contributed by atoms with E-state index in [2.05, 4.69) is 0 Å². The number of hydrogen-bond donors (Lipinski definition) is 1. The first kappa shape index (κ1) is 12.7. The molecule has 0 bridgehead atoms. The van der Waals surface area contributed by atoms with Crippen molar-refractivity contribution in [1.82, 2.24) is 0 Å². The van der Waals surface area contributed by atoms with Crippen molar-refractivity contribution in [3.63, 3.8) is 0 Å². The van der Waals surface area contributed by atoms with Gasteiger partial charge in [0, 0.05) is 4.88 Å². The van der Waals surface area contributed by atoms with Crippen molar-refractivity contribution >= 4 is 23.2 Å². The van der Waals surface area contributed by atoms with Gasteiger partial charge in [-0.15, -0.1) is 11.3 Å². The van der Waals surface area contributed by atoms with Gasteiger partial charge in [0.15, 0.2) is 0 Å². The van der Waals surface area contributed by atoms with Gasteiger partial charge in [0.05, 0.1) is 6.42 Å². The minimum absolute atomic E-state index is 0.0482. The number of carbonyl (C=O) groups excluding carboxylic acids is 2. The van der Waals surface area contributed by atoms with Crippen LogP contribution in [0.2, 0.25) is 0 Å². The van der Waals surface area contributed by atoms with Crippen LogP contribution < -0.4 is 5.73 Å². The molecule has 0 spiro atoms. The first-order valence-electron chi connectivity index (χ1n) is 5.09. The number of aryl methyl sites for hydroxylation is 2. The molecule has 1 aromatic rings. The summed E-state index contributed by atoms with van der Waals surface area (Å²) in [6.07, 6.45) is 0.974. The summed E-state index contributed by atoms with van der Waals surface area (Å²) in [5.41, 5.74) is 6.05. The molecule has 0 aliphatic heterocycles. The summed E-state index contributed by atoms with van der Waals surface area (Å²) in [5, 5.41) is 0. The fraction of sp³-hybridized carbons (Fsp3) is 0.455. The molecule has 1 aromatic heterocycles. The Morgan fingerprint density at radius 1 is 1.50 bits per heavy atom. The number of ether oxygens (including phenoxy) is 1. The van der Waals surface area contributed by atoms with Crippen molar-refractivity contribution in [1.29, 1.82) is 0 Å². The molecule has 0 aromatic carbocycles. The van der Waals surface area contributed by atoms with Gasteiger partial charge in [-0.1, -0.05) is 6.92 Å². The molecule has 88 valence electrons. The molecule has 5 heteroatoms. The predicted molar refractivity (Wildman–Crippen MR) is 62.5 cm³/mol. The van der Waals surface area contributed by atoms with E-state index >= 15 is 0 Å². The monoisotopic (exact) mass is 241 g/mol. The topological polar surface area (TPSA) is 69.4 Å². The molecule has 1 amide bonds.